The molecule has 2 heterocycles. The van der Waals surface area contributed by atoms with Gasteiger partial charge >= 0.3 is 0 Å². The molecule has 29 heavy (non-hydrogen) atoms. The molecule has 0 bridgehead atoms. The molecule has 0 aliphatic carbocycles. The van der Waals surface area contributed by atoms with Crippen LogP contribution in [0.15, 0.2) is 34.8 Å². The number of hydrogen-bond acceptors (Lipinski definition) is 6. The van der Waals surface area contributed by atoms with Crippen LogP contribution in [0.4, 0.5) is 5.13 Å². The largest absolute Gasteiger partial charge is 0.490 e. The predicted molar refractivity (Wildman–Crippen MR) is 130 cm³/mol. The fourth-order valence-electron chi connectivity index (χ4n) is 3.15. The Kier molecular flexibility index (Phi) is 9.79. The number of nitrogens with zero attached hydrogens (tertiary/aromatic N) is 4. The summed E-state index contributed by atoms with van der Waals surface area (Å²) in [6, 6.07) is 6.06. The molecule has 9 heteroatoms. The van der Waals surface area contributed by atoms with Gasteiger partial charge < -0.3 is 25.0 Å². The number of thiazole rings is 1. The number of anilines is 1. The van der Waals surface area contributed by atoms with Crippen LogP contribution < -0.4 is 20.1 Å². The van der Waals surface area contributed by atoms with Gasteiger partial charge in [0.1, 0.15) is 0 Å². The number of halogens is 1. The van der Waals surface area contributed by atoms with Crippen molar-refractivity contribution in [3.63, 3.8) is 0 Å². The molecule has 1 aliphatic rings. The maximum atomic E-state index is 6.22. The highest BCUT2D eigenvalue weighted by Crippen LogP contribution is 2.28. The Labute approximate surface area is 193 Å². The number of hydrogen-bond donors (Lipinski definition) is 1. The zero-order valence-corrected chi connectivity index (χ0v) is 20.2. The van der Waals surface area contributed by atoms with Crippen LogP contribution in [-0.2, 0) is 6.42 Å². The lowest BCUT2D eigenvalue weighted by molar-refractivity contribution is 0.287. The molecule has 1 saturated heterocycles. The molecule has 3 rings (SSSR count). The van der Waals surface area contributed by atoms with Gasteiger partial charge in [0.15, 0.2) is 22.6 Å². The minimum Gasteiger partial charge on any atom is -0.490 e. The van der Waals surface area contributed by atoms with E-state index in [0.717, 1.165) is 54.8 Å². The summed E-state index contributed by atoms with van der Waals surface area (Å²) >= 11 is 1.67. The van der Waals surface area contributed by atoms with E-state index in [4.69, 9.17) is 15.2 Å². The Bertz CT molecular complexity index is 764. The molecule has 0 saturated carbocycles. The van der Waals surface area contributed by atoms with Crippen molar-refractivity contribution < 1.29 is 9.47 Å². The lowest BCUT2D eigenvalue weighted by Gasteiger charge is -2.35. The number of piperazine rings is 1. The summed E-state index contributed by atoms with van der Waals surface area (Å²) in [7, 11) is 0. The number of aliphatic imine (C=N–C) groups is 1. The highest BCUT2D eigenvalue weighted by Gasteiger charge is 2.19. The Morgan fingerprint density at radius 3 is 2.52 bits per heavy atom. The topological polar surface area (TPSA) is 76.2 Å². The van der Waals surface area contributed by atoms with Gasteiger partial charge in [0, 0.05) is 44.3 Å². The van der Waals surface area contributed by atoms with E-state index in [1.807, 2.05) is 37.6 Å². The van der Waals surface area contributed by atoms with Crippen molar-refractivity contribution >= 4 is 46.4 Å². The molecular formula is C20H30IN5O2S. The minimum atomic E-state index is 0. The monoisotopic (exact) mass is 531 g/mol. The van der Waals surface area contributed by atoms with E-state index >= 15 is 0 Å². The quantitative estimate of drug-likeness (QED) is 0.320. The second-order valence-corrected chi connectivity index (χ2v) is 7.30. The average Bonchev–Trinajstić information content (AvgIpc) is 3.25. The molecule has 1 aromatic carbocycles. The molecular weight excluding hydrogens is 501 g/mol. The van der Waals surface area contributed by atoms with Crippen molar-refractivity contribution in [1.82, 2.24) is 9.88 Å². The molecule has 1 aromatic heterocycles. The summed E-state index contributed by atoms with van der Waals surface area (Å²) in [5.74, 6) is 2.20. The number of guanidine groups is 1. The second-order valence-electron chi connectivity index (χ2n) is 6.43. The molecule has 0 atom stereocenters. The van der Waals surface area contributed by atoms with Crippen LogP contribution in [0.1, 0.15) is 19.4 Å². The number of ether oxygens (including phenoxy) is 2. The van der Waals surface area contributed by atoms with Gasteiger partial charge in [-0.1, -0.05) is 6.07 Å². The van der Waals surface area contributed by atoms with Crippen molar-refractivity contribution in [1.29, 1.82) is 0 Å². The number of rotatable bonds is 8. The first-order valence-electron chi connectivity index (χ1n) is 9.79. The first-order valence-corrected chi connectivity index (χ1v) is 10.7. The highest BCUT2D eigenvalue weighted by molar-refractivity contribution is 14.0. The molecule has 0 spiro atoms. The van der Waals surface area contributed by atoms with Crippen molar-refractivity contribution in [2.45, 2.75) is 20.3 Å². The summed E-state index contributed by atoms with van der Waals surface area (Å²) < 4.78 is 11.3. The van der Waals surface area contributed by atoms with Crippen LogP contribution in [0.2, 0.25) is 0 Å². The fourth-order valence-corrected chi connectivity index (χ4v) is 3.85. The van der Waals surface area contributed by atoms with Crippen molar-refractivity contribution in [2.24, 2.45) is 10.7 Å². The second kappa shape index (κ2) is 12.1. The zero-order valence-electron chi connectivity index (χ0n) is 17.0. The summed E-state index contributed by atoms with van der Waals surface area (Å²) in [5, 5.41) is 3.09. The predicted octanol–water partition coefficient (Wildman–Crippen LogP) is 3.24. The number of nitrogens with two attached hydrogens (primary N) is 1. The Balaban J connectivity index is 0.00000300. The average molecular weight is 531 g/mol. The maximum absolute atomic E-state index is 6.22. The van der Waals surface area contributed by atoms with Gasteiger partial charge in [-0.3, -0.25) is 4.99 Å². The number of benzene rings is 1. The van der Waals surface area contributed by atoms with E-state index in [0.29, 0.717) is 25.7 Å². The van der Waals surface area contributed by atoms with Gasteiger partial charge in [-0.25, -0.2) is 4.98 Å². The van der Waals surface area contributed by atoms with Crippen LogP contribution >= 0.6 is 35.3 Å². The molecule has 1 aliphatic heterocycles. The molecule has 160 valence electrons. The van der Waals surface area contributed by atoms with Crippen molar-refractivity contribution in [2.75, 3.05) is 50.8 Å². The van der Waals surface area contributed by atoms with Gasteiger partial charge in [-0.15, -0.1) is 35.3 Å². The van der Waals surface area contributed by atoms with E-state index in [-0.39, 0.29) is 24.0 Å². The van der Waals surface area contributed by atoms with E-state index < -0.39 is 0 Å². The third-order valence-corrected chi connectivity index (χ3v) is 5.41. The van der Waals surface area contributed by atoms with Gasteiger partial charge in [0.05, 0.1) is 13.2 Å². The van der Waals surface area contributed by atoms with Crippen LogP contribution in [0.25, 0.3) is 0 Å². The van der Waals surface area contributed by atoms with E-state index in [9.17, 15) is 0 Å². The van der Waals surface area contributed by atoms with Crippen LogP contribution in [-0.4, -0.2) is 61.8 Å². The van der Waals surface area contributed by atoms with Crippen LogP contribution in [0.3, 0.4) is 0 Å². The molecule has 1 fully saturated rings. The Hall–Kier alpha value is -1.75. The normalized spacial score (nSPS) is 14.5. The first kappa shape index (κ1) is 23.5. The lowest BCUT2D eigenvalue weighted by atomic mass is 10.1. The summed E-state index contributed by atoms with van der Waals surface area (Å²) in [6.45, 7) is 9.40. The maximum Gasteiger partial charge on any atom is 0.191 e. The Morgan fingerprint density at radius 1 is 1.14 bits per heavy atom. The Morgan fingerprint density at radius 2 is 1.86 bits per heavy atom. The standard InChI is InChI=1S/C20H29N5O2S.HI/c1-3-26-17-6-5-16(15-18(17)27-4-2)7-8-22-19(21)24-10-12-25(13-11-24)20-23-9-14-28-20;/h5-6,9,14-15H,3-4,7-8,10-13H2,1-2H3,(H2,21,22);1H. The molecule has 2 N–H and O–H groups in total. The summed E-state index contributed by atoms with van der Waals surface area (Å²) in [4.78, 5) is 13.4. The highest BCUT2D eigenvalue weighted by atomic mass is 127. The fraction of sp³-hybridized carbons (Fsp3) is 0.500. The van der Waals surface area contributed by atoms with E-state index in [1.165, 1.54) is 0 Å². The van der Waals surface area contributed by atoms with Crippen molar-refractivity contribution in [3.8, 4) is 11.5 Å². The molecule has 0 unspecified atom stereocenters. The van der Waals surface area contributed by atoms with E-state index in [2.05, 4.69) is 25.8 Å². The molecule has 0 radical (unpaired) electrons. The number of aromatic nitrogens is 1. The molecule has 0 amide bonds. The molecule has 7 nitrogen and oxygen atoms in total. The smallest absolute Gasteiger partial charge is 0.191 e. The van der Waals surface area contributed by atoms with E-state index in [1.54, 1.807) is 11.3 Å². The SMILES string of the molecule is CCOc1ccc(CCN=C(N)N2CCN(c3nccs3)CC2)cc1OCC.I. The lowest BCUT2D eigenvalue weighted by Crippen LogP contribution is -2.51. The third kappa shape index (κ3) is 6.63. The molecule has 2 aromatic rings. The summed E-state index contributed by atoms with van der Waals surface area (Å²) in [5.41, 5.74) is 7.38. The minimum absolute atomic E-state index is 0. The van der Waals surface area contributed by atoms with Crippen LogP contribution in [0.5, 0.6) is 11.5 Å². The first-order chi connectivity index (χ1) is 13.7. The third-order valence-electron chi connectivity index (χ3n) is 4.58. The van der Waals surface area contributed by atoms with Gasteiger partial charge in [-0.05, 0) is 38.0 Å². The van der Waals surface area contributed by atoms with Crippen molar-refractivity contribution in [3.05, 3.63) is 35.3 Å². The van der Waals surface area contributed by atoms with Gasteiger partial charge in [0.2, 0.25) is 0 Å². The van der Waals surface area contributed by atoms with Gasteiger partial charge in [-0.2, -0.15) is 0 Å². The zero-order chi connectivity index (χ0) is 19.8. The van der Waals surface area contributed by atoms with Crippen LogP contribution in [0, 0.1) is 0 Å². The summed E-state index contributed by atoms with van der Waals surface area (Å²) in [6.07, 6.45) is 2.66. The van der Waals surface area contributed by atoms with Gasteiger partial charge in [0.25, 0.3) is 0 Å².